The molecule has 6 heteroatoms. The number of hydrogen-bond acceptors (Lipinski definition) is 5. The third-order valence-corrected chi connectivity index (χ3v) is 2.04. The molecular weight excluding hydrogens is 200 g/mol. The third kappa shape index (κ3) is 2.15. The number of aromatic nitrogens is 1. The number of hydrogen-bond donors (Lipinski definition) is 0. The van der Waals surface area contributed by atoms with Gasteiger partial charge in [-0.25, -0.2) is 4.98 Å². The van der Waals surface area contributed by atoms with Crippen molar-refractivity contribution in [3.05, 3.63) is 22.4 Å². The van der Waals surface area contributed by atoms with Crippen LogP contribution in [-0.2, 0) is 0 Å². The smallest absolute Gasteiger partial charge is 0.329 e. The zero-order chi connectivity index (χ0) is 10.8. The highest BCUT2D eigenvalue weighted by molar-refractivity contribution is 5.46. The van der Waals surface area contributed by atoms with E-state index in [4.69, 9.17) is 9.47 Å². The van der Waals surface area contributed by atoms with Crippen LogP contribution in [0.1, 0.15) is 12.8 Å². The quantitative estimate of drug-likeness (QED) is 0.556. The van der Waals surface area contributed by atoms with E-state index in [0.717, 1.165) is 19.0 Å². The summed E-state index contributed by atoms with van der Waals surface area (Å²) >= 11 is 0. The predicted molar refractivity (Wildman–Crippen MR) is 51.1 cm³/mol. The van der Waals surface area contributed by atoms with Crippen LogP contribution in [0.2, 0.25) is 0 Å². The van der Waals surface area contributed by atoms with Crippen molar-refractivity contribution in [3.63, 3.8) is 0 Å². The largest absolute Gasteiger partial charge is 0.483 e. The summed E-state index contributed by atoms with van der Waals surface area (Å²) in [6.07, 6.45) is 3.15. The van der Waals surface area contributed by atoms with E-state index in [2.05, 4.69) is 4.98 Å². The summed E-state index contributed by atoms with van der Waals surface area (Å²) in [4.78, 5) is 13.9. The molecule has 0 spiro atoms. The van der Waals surface area contributed by atoms with Crippen LogP contribution < -0.4 is 9.47 Å². The molecule has 1 aliphatic carbocycles. The number of pyridine rings is 1. The van der Waals surface area contributed by atoms with Crippen LogP contribution in [0.5, 0.6) is 11.6 Å². The van der Waals surface area contributed by atoms with Gasteiger partial charge >= 0.3 is 5.69 Å². The molecule has 1 aromatic heterocycles. The predicted octanol–water partition coefficient (Wildman–Crippen LogP) is 1.54. The first-order valence-corrected chi connectivity index (χ1v) is 4.56. The lowest BCUT2D eigenvalue weighted by Crippen LogP contribution is -2.01. The normalized spacial score (nSPS) is 14.7. The van der Waals surface area contributed by atoms with Gasteiger partial charge in [-0.2, -0.15) is 0 Å². The molecule has 0 radical (unpaired) electrons. The summed E-state index contributed by atoms with van der Waals surface area (Å²) in [7, 11) is 1.45. The van der Waals surface area contributed by atoms with Gasteiger partial charge in [-0.1, -0.05) is 0 Å². The maximum atomic E-state index is 10.7. The van der Waals surface area contributed by atoms with E-state index in [1.807, 2.05) is 0 Å². The second-order valence-electron chi connectivity index (χ2n) is 3.27. The van der Waals surface area contributed by atoms with Gasteiger partial charge in [-0.05, 0) is 12.8 Å². The van der Waals surface area contributed by atoms with Gasteiger partial charge in [-0.15, -0.1) is 0 Å². The van der Waals surface area contributed by atoms with Gasteiger partial charge < -0.3 is 9.47 Å². The number of nitrogens with zero attached hydrogens (tertiary/aromatic N) is 2. The Morgan fingerprint density at radius 3 is 2.87 bits per heavy atom. The molecule has 0 bridgehead atoms. The lowest BCUT2D eigenvalue weighted by molar-refractivity contribution is -0.386. The van der Waals surface area contributed by atoms with Crippen LogP contribution in [0.15, 0.2) is 12.3 Å². The fourth-order valence-corrected chi connectivity index (χ4v) is 1.12. The molecule has 2 rings (SSSR count). The summed E-state index contributed by atoms with van der Waals surface area (Å²) in [5.41, 5.74) is -0.122. The third-order valence-electron chi connectivity index (χ3n) is 2.04. The Morgan fingerprint density at radius 2 is 2.33 bits per heavy atom. The Balaban J connectivity index is 2.30. The zero-order valence-electron chi connectivity index (χ0n) is 8.17. The Hall–Kier alpha value is -1.85. The van der Waals surface area contributed by atoms with E-state index in [0.29, 0.717) is 5.88 Å². The second-order valence-corrected chi connectivity index (χ2v) is 3.27. The van der Waals surface area contributed by atoms with Crippen molar-refractivity contribution in [2.24, 2.45) is 0 Å². The highest BCUT2D eigenvalue weighted by Crippen LogP contribution is 2.34. The Morgan fingerprint density at radius 1 is 1.60 bits per heavy atom. The summed E-state index contributed by atoms with van der Waals surface area (Å²) in [5, 5.41) is 10.7. The molecule has 15 heavy (non-hydrogen) atoms. The van der Waals surface area contributed by atoms with Gasteiger partial charge in [0.15, 0.2) is 0 Å². The minimum Gasteiger partial charge on any atom is -0.483 e. The van der Waals surface area contributed by atoms with E-state index in [1.54, 1.807) is 0 Å². The van der Waals surface area contributed by atoms with Crippen molar-refractivity contribution in [2.75, 3.05) is 7.11 Å². The van der Waals surface area contributed by atoms with Crippen molar-refractivity contribution >= 4 is 5.69 Å². The number of ether oxygens (including phenoxy) is 2. The lowest BCUT2D eigenvalue weighted by Gasteiger charge is -2.05. The Bertz CT molecular complexity index is 390. The molecule has 0 atom stereocenters. The first-order valence-electron chi connectivity index (χ1n) is 4.56. The van der Waals surface area contributed by atoms with E-state index in [1.165, 1.54) is 13.2 Å². The molecule has 0 saturated heterocycles. The second kappa shape index (κ2) is 3.72. The van der Waals surface area contributed by atoms with Crippen molar-refractivity contribution in [2.45, 2.75) is 18.9 Å². The first kappa shape index (κ1) is 9.70. The lowest BCUT2D eigenvalue weighted by atomic mass is 10.4. The molecule has 80 valence electrons. The molecule has 0 unspecified atom stereocenters. The highest BCUT2D eigenvalue weighted by Gasteiger charge is 2.27. The monoisotopic (exact) mass is 210 g/mol. The van der Waals surface area contributed by atoms with Crippen molar-refractivity contribution in [1.82, 2.24) is 4.98 Å². The SMILES string of the molecule is COc1cc(OC2CC2)c([N+](=O)[O-])cn1. The minimum atomic E-state index is -0.510. The van der Waals surface area contributed by atoms with Crippen LogP contribution in [0, 0.1) is 10.1 Å². The molecule has 1 heterocycles. The molecule has 0 amide bonds. The van der Waals surface area contributed by atoms with E-state index >= 15 is 0 Å². The number of rotatable bonds is 4. The molecule has 1 aliphatic rings. The van der Waals surface area contributed by atoms with Crippen LogP contribution in [0.25, 0.3) is 0 Å². The van der Waals surface area contributed by atoms with Gasteiger partial charge in [0, 0.05) is 6.07 Å². The molecule has 1 saturated carbocycles. The van der Waals surface area contributed by atoms with E-state index in [-0.39, 0.29) is 17.5 Å². The Labute approximate surface area is 86.0 Å². The molecular formula is C9H10N2O4. The van der Waals surface area contributed by atoms with Gasteiger partial charge in [0.2, 0.25) is 11.6 Å². The molecule has 6 nitrogen and oxygen atoms in total. The Kier molecular flexibility index (Phi) is 2.40. The first-order chi connectivity index (χ1) is 7.20. The van der Waals surface area contributed by atoms with Crippen LogP contribution in [0.4, 0.5) is 5.69 Å². The van der Waals surface area contributed by atoms with Gasteiger partial charge in [-0.3, -0.25) is 10.1 Å². The number of nitro groups is 1. The topological polar surface area (TPSA) is 74.5 Å². The van der Waals surface area contributed by atoms with Crippen molar-refractivity contribution in [3.8, 4) is 11.6 Å². The number of methoxy groups -OCH3 is 1. The molecule has 1 aromatic rings. The standard InChI is InChI=1S/C9H10N2O4/c1-14-9-4-8(15-6-2-3-6)7(5-10-9)11(12)13/h4-6H,2-3H2,1H3. The fourth-order valence-electron chi connectivity index (χ4n) is 1.12. The van der Waals surface area contributed by atoms with Crippen LogP contribution >= 0.6 is 0 Å². The summed E-state index contributed by atoms with van der Waals surface area (Å²) in [6, 6.07) is 1.44. The molecule has 0 aromatic carbocycles. The average molecular weight is 210 g/mol. The molecule has 0 N–H and O–H groups in total. The summed E-state index contributed by atoms with van der Waals surface area (Å²) in [5.74, 6) is 0.547. The van der Waals surface area contributed by atoms with E-state index in [9.17, 15) is 10.1 Å². The van der Waals surface area contributed by atoms with Gasteiger partial charge in [0.05, 0.1) is 18.1 Å². The molecule has 1 fully saturated rings. The van der Waals surface area contributed by atoms with Gasteiger partial charge in [0.25, 0.3) is 0 Å². The summed E-state index contributed by atoms with van der Waals surface area (Å²) < 4.78 is 10.3. The van der Waals surface area contributed by atoms with Crippen molar-refractivity contribution in [1.29, 1.82) is 0 Å². The van der Waals surface area contributed by atoms with Gasteiger partial charge in [0.1, 0.15) is 6.20 Å². The van der Waals surface area contributed by atoms with E-state index < -0.39 is 4.92 Å². The maximum absolute atomic E-state index is 10.7. The maximum Gasteiger partial charge on any atom is 0.329 e. The van der Waals surface area contributed by atoms with Crippen molar-refractivity contribution < 1.29 is 14.4 Å². The average Bonchev–Trinajstić information content (AvgIpc) is 3.01. The highest BCUT2D eigenvalue weighted by atomic mass is 16.6. The minimum absolute atomic E-state index is 0.107. The fraction of sp³-hybridized carbons (Fsp3) is 0.444. The summed E-state index contributed by atoms with van der Waals surface area (Å²) in [6.45, 7) is 0. The van der Waals surface area contributed by atoms with Crippen LogP contribution in [0.3, 0.4) is 0 Å². The molecule has 0 aliphatic heterocycles. The zero-order valence-corrected chi connectivity index (χ0v) is 8.17. The van der Waals surface area contributed by atoms with Crippen LogP contribution in [-0.4, -0.2) is 23.1 Å².